The van der Waals surface area contributed by atoms with Crippen LogP contribution in [0.25, 0.3) is 22.2 Å². The number of pyridine rings is 1. The summed E-state index contributed by atoms with van der Waals surface area (Å²) in [5.74, 6) is 2.33. The van der Waals surface area contributed by atoms with Gasteiger partial charge in [-0.25, -0.2) is 23.4 Å². The van der Waals surface area contributed by atoms with Crippen LogP contribution in [-0.4, -0.2) is 71.5 Å². The van der Waals surface area contributed by atoms with E-state index in [0.717, 1.165) is 16.5 Å². The van der Waals surface area contributed by atoms with Crippen molar-refractivity contribution in [2.45, 2.75) is 39.3 Å². The maximum absolute atomic E-state index is 11.8. The van der Waals surface area contributed by atoms with Crippen molar-refractivity contribution in [2.24, 2.45) is 5.92 Å². The number of hydrogen-bond acceptors (Lipinski definition) is 9. The second kappa shape index (κ2) is 11.3. The molecule has 1 fully saturated rings. The van der Waals surface area contributed by atoms with Gasteiger partial charge in [-0.1, -0.05) is 31.5 Å². The van der Waals surface area contributed by atoms with Gasteiger partial charge >= 0.3 is 0 Å². The summed E-state index contributed by atoms with van der Waals surface area (Å²) in [5, 5.41) is 10.1. The first-order valence-electron chi connectivity index (χ1n) is 13.2. The van der Waals surface area contributed by atoms with E-state index in [1.165, 1.54) is 11.8 Å². The fourth-order valence-corrected chi connectivity index (χ4v) is 6.58. The van der Waals surface area contributed by atoms with E-state index in [2.05, 4.69) is 58.2 Å². The standard InChI is InChI=1S/C28H34ClN7O3S/c1-17(2)20-6-7-24(36-14-19(18(36)3)16-40(5,37)38)22-13-31-26(12-21(20)22)32-25-8-9-30-28(33-25)23-15-35(10-11-39-4)34-27(23)29/h6-9,12-13,15,17-19H,10-11,14,16H2,1-5H3,(H,30,31,32,33)/t18-,19-/m1/s1. The number of halogens is 1. The monoisotopic (exact) mass is 583 g/mol. The van der Waals surface area contributed by atoms with Crippen molar-refractivity contribution < 1.29 is 13.2 Å². The zero-order chi connectivity index (χ0) is 28.6. The number of hydrogen-bond donors (Lipinski definition) is 1. The van der Waals surface area contributed by atoms with Crippen LogP contribution < -0.4 is 10.2 Å². The van der Waals surface area contributed by atoms with Gasteiger partial charge in [-0.15, -0.1) is 0 Å². The van der Waals surface area contributed by atoms with Gasteiger partial charge < -0.3 is 15.0 Å². The molecule has 0 saturated carbocycles. The number of sulfone groups is 1. The summed E-state index contributed by atoms with van der Waals surface area (Å²) in [4.78, 5) is 16.0. The highest BCUT2D eigenvalue weighted by Crippen LogP contribution is 2.39. The number of benzene rings is 1. The van der Waals surface area contributed by atoms with Crippen molar-refractivity contribution in [3.63, 3.8) is 0 Å². The zero-order valence-corrected chi connectivity index (χ0v) is 24.9. The topological polar surface area (TPSA) is 115 Å². The summed E-state index contributed by atoms with van der Waals surface area (Å²) in [5.41, 5.74) is 2.92. The quantitative estimate of drug-likeness (QED) is 0.277. The molecule has 10 nitrogen and oxygen atoms in total. The molecule has 0 bridgehead atoms. The highest BCUT2D eigenvalue weighted by atomic mass is 35.5. The van der Waals surface area contributed by atoms with Crippen LogP contribution in [0.1, 0.15) is 32.3 Å². The minimum absolute atomic E-state index is 0.122. The van der Waals surface area contributed by atoms with Crippen LogP contribution in [0.2, 0.25) is 5.15 Å². The molecule has 1 saturated heterocycles. The first-order valence-corrected chi connectivity index (χ1v) is 15.7. The first kappa shape index (κ1) is 28.3. The molecule has 1 aliphatic rings. The maximum Gasteiger partial charge on any atom is 0.166 e. The van der Waals surface area contributed by atoms with E-state index in [0.29, 0.717) is 53.8 Å². The van der Waals surface area contributed by atoms with Gasteiger partial charge in [0.2, 0.25) is 0 Å². The minimum atomic E-state index is -3.02. The fourth-order valence-electron chi connectivity index (χ4n) is 5.19. The third kappa shape index (κ3) is 5.91. The Balaban J connectivity index is 1.43. The van der Waals surface area contributed by atoms with Crippen molar-refractivity contribution in [1.82, 2.24) is 24.7 Å². The molecular weight excluding hydrogens is 550 g/mol. The van der Waals surface area contributed by atoms with Crippen LogP contribution in [0.4, 0.5) is 17.3 Å². The SMILES string of the molecule is COCCn1cc(-c2nccc(Nc3cc4c(C(C)C)ccc(N5C[C@H](CS(C)(=O)=O)[C@H]5C)c4cn3)n2)c(Cl)n1. The minimum Gasteiger partial charge on any atom is -0.383 e. The fraction of sp³-hybridized carbons (Fsp3) is 0.429. The molecule has 5 rings (SSSR count). The lowest BCUT2D eigenvalue weighted by molar-refractivity contribution is 0.183. The Labute approximate surface area is 239 Å². The lowest BCUT2D eigenvalue weighted by atomic mass is 9.88. The summed E-state index contributed by atoms with van der Waals surface area (Å²) in [6, 6.07) is 8.25. The maximum atomic E-state index is 11.8. The lowest BCUT2D eigenvalue weighted by Crippen LogP contribution is -2.57. The average Bonchev–Trinajstić information content (AvgIpc) is 3.28. The number of methoxy groups -OCH3 is 1. The van der Waals surface area contributed by atoms with E-state index < -0.39 is 9.84 Å². The second-order valence-electron chi connectivity index (χ2n) is 10.7. The van der Waals surface area contributed by atoms with Crippen LogP contribution in [0.5, 0.6) is 0 Å². The van der Waals surface area contributed by atoms with Crippen LogP contribution >= 0.6 is 11.6 Å². The van der Waals surface area contributed by atoms with Crippen molar-refractivity contribution in [2.75, 3.05) is 42.5 Å². The van der Waals surface area contributed by atoms with E-state index in [9.17, 15) is 8.42 Å². The predicted molar refractivity (Wildman–Crippen MR) is 159 cm³/mol. The summed E-state index contributed by atoms with van der Waals surface area (Å²) >= 11 is 6.37. The number of rotatable bonds is 10. The molecule has 4 aromatic rings. The summed E-state index contributed by atoms with van der Waals surface area (Å²) < 4.78 is 30.5. The van der Waals surface area contributed by atoms with Gasteiger partial charge in [0, 0.05) is 61.5 Å². The summed E-state index contributed by atoms with van der Waals surface area (Å²) in [6.45, 7) is 8.23. The van der Waals surface area contributed by atoms with Crippen LogP contribution in [-0.2, 0) is 21.1 Å². The molecule has 1 aliphatic heterocycles. The molecule has 3 aromatic heterocycles. The molecule has 0 amide bonds. The number of fused-ring (bicyclic) bond motifs is 1. The third-order valence-electron chi connectivity index (χ3n) is 7.36. The molecule has 212 valence electrons. The van der Waals surface area contributed by atoms with E-state index in [4.69, 9.17) is 21.3 Å². The third-order valence-corrected chi connectivity index (χ3v) is 8.67. The van der Waals surface area contributed by atoms with Gasteiger partial charge in [0.15, 0.2) is 11.0 Å². The van der Waals surface area contributed by atoms with Gasteiger partial charge in [0.05, 0.1) is 24.5 Å². The lowest BCUT2D eigenvalue weighted by Gasteiger charge is -2.48. The molecule has 0 spiro atoms. The van der Waals surface area contributed by atoms with E-state index >= 15 is 0 Å². The summed E-state index contributed by atoms with van der Waals surface area (Å²) in [7, 11) is -1.38. The highest BCUT2D eigenvalue weighted by molar-refractivity contribution is 7.90. The first-order chi connectivity index (χ1) is 19.0. The van der Waals surface area contributed by atoms with Crippen LogP contribution in [0, 0.1) is 5.92 Å². The molecule has 1 aromatic carbocycles. The Hall–Kier alpha value is -3.28. The smallest absolute Gasteiger partial charge is 0.166 e. The number of anilines is 3. The largest absolute Gasteiger partial charge is 0.383 e. The van der Waals surface area contributed by atoms with E-state index in [1.807, 2.05) is 18.5 Å². The zero-order valence-electron chi connectivity index (χ0n) is 23.3. The number of ether oxygens (including phenoxy) is 1. The molecule has 4 heterocycles. The van der Waals surface area contributed by atoms with Crippen LogP contribution in [0.3, 0.4) is 0 Å². The molecule has 1 N–H and O–H groups in total. The van der Waals surface area contributed by atoms with Gasteiger partial charge in [-0.3, -0.25) is 4.68 Å². The van der Waals surface area contributed by atoms with Gasteiger partial charge in [0.25, 0.3) is 0 Å². The second-order valence-corrected chi connectivity index (χ2v) is 13.2. The van der Waals surface area contributed by atoms with Crippen molar-refractivity contribution in [1.29, 1.82) is 0 Å². The Morgan fingerprint density at radius 2 is 1.98 bits per heavy atom. The Bertz CT molecular complexity index is 1640. The number of nitrogens with zero attached hydrogens (tertiary/aromatic N) is 6. The van der Waals surface area contributed by atoms with Crippen molar-refractivity contribution in [3.8, 4) is 11.4 Å². The number of nitrogens with one attached hydrogen (secondary N) is 1. The molecule has 0 radical (unpaired) electrons. The summed E-state index contributed by atoms with van der Waals surface area (Å²) in [6.07, 6.45) is 6.67. The van der Waals surface area contributed by atoms with Crippen molar-refractivity contribution in [3.05, 3.63) is 53.6 Å². The Morgan fingerprint density at radius 1 is 1.18 bits per heavy atom. The molecule has 2 atom stereocenters. The molecule has 40 heavy (non-hydrogen) atoms. The Morgan fingerprint density at radius 3 is 2.67 bits per heavy atom. The molecule has 0 unspecified atom stereocenters. The normalized spacial score (nSPS) is 17.4. The Kier molecular flexibility index (Phi) is 7.98. The molecular formula is C28H34ClN7O3S. The van der Waals surface area contributed by atoms with Crippen molar-refractivity contribution >= 4 is 49.5 Å². The van der Waals surface area contributed by atoms with Crippen LogP contribution in [0.15, 0.2) is 42.9 Å². The van der Waals surface area contributed by atoms with E-state index in [1.54, 1.807) is 24.1 Å². The van der Waals surface area contributed by atoms with Gasteiger partial charge in [-0.05, 0) is 42.0 Å². The molecule has 0 aliphatic carbocycles. The van der Waals surface area contributed by atoms with Gasteiger partial charge in [0.1, 0.15) is 21.5 Å². The van der Waals surface area contributed by atoms with Gasteiger partial charge in [-0.2, -0.15) is 5.10 Å². The van der Waals surface area contributed by atoms with E-state index in [-0.39, 0.29) is 17.7 Å². The molecule has 12 heteroatoms. The average molecular weight is 584 g/mol. The highest BCUT2D eigenvalue weighted by Gasteiger charge is 2.38. The number of aromatic nitrogens is 5. The predicted octanol–water partition coefficient (Wildman–Crippen LogP) is 4.92.